The molecule has 1 aliphatic heterocycles. The number of carboxylic acid groups (broad SMARTS) is 1. The molecule has 1 saturated heterocycles. The number of hydrogen-bond acceptors (Lipinski definition) is 4. The molecular weight excluding hydrogens is 310 g/mol. The van der Waals surface area contributed by atoms with Gasteiger partial charge in [0.25, 0.3) is 0 Å². The van der Waals surface area contributed by atoms with Gasteiger partial charge in [0.2, 0.25) is 5.91 Å². The first-order valence-electron chi connectivity index (χ1n) is 7.43. The molecule has 1 aliphatic rings. The van der Waals surface area contributed by atoms with Crippen molar-refractivity contribution < 1.29 is 24.2 Å². The minimum absolute atomic E-state index is 0.0125. The fourth-order valence-electron chi connectivity index (χ4n) is 2.66. The Labute approximate surface area is 138 Å². The maximum atomic E-state index is 12.5. The standard InChI is InChI=1S/C18H15NO5/c20-15-10-14(16(24-15)11-4-2-1-3-5-11)17(21)19-13-8-6-12(7-9-13)18(22)23/h1-9,14,16H,10H2,(H,19,21)(H,22,23)/t14-,16+/m0/s1. The summed E-state index contributed by atoms with van der Waals surface area (Å²) in [5, 5.41) is 11.6. The number of hydrogen-bond donors (Lipinski definition) is 2. The van der Waals surface area contributed by atoms with E-state index < -0.39 is 24.0 Å². The zero-order valence-electron chi connectivity index (χ0n) is 12.6. The molecule has 1 amide bonds. The van der Waals surface area contributed by atoms with E-state index in [-0.39, 0.29) is 17.9 Å². The molecule has 0 saturated carbocycles. The smallest absolute Gasteiger partial charge is 0.335 e. The van der Waals surface area contributed by atoms with Gasteiger partial charge >= 0.3 is 11.9 Å². The lowest BCUT2D eigenvalue weighted by Gasteiger charge is -2.17. The van der Waals surface area contributed by atoms with Crippen molar-refractivity contribution in [1.82, 2.24) is 0 Å². The summed E-state index contributed by atoms with van der Waals surface area (Å²) in [6.45, 7) is 0. The van der Waals surface area contributed by atoms with Crippen molar-refractivity contribution in [3.8, 4) is 0 Å². The monoisotopic (exact) mass is 325 g/mol. The highest BCUT2D eigenvalue weighted by atomic mass is 16.6. The third kappa shape index (κ3) is 3.27. The Kier molecular flexibility index (Phi) is 4.29. The van der Waals surface area contributed by atoms with Crippen LogP contribution in [0, 0.1) is 5.92 Å². The number of rotatable bonds is 4. The molecule has 0 bridgehead atoms. The molecule has 0 radical (unpaired) electrons. The molecule has 2 N–H and O–H groups in total. The summed E-state index contributed by atoms with van der Waals surface area (Å²) in [5.41, 5.74) is 1.37. The molecular formula is C18H15NO5. The Hall–Kier alpha value is -3.15. The Balaban J connectivity index is 1.75. The highest BCUT2D eigenvalue weighted by Gasteiger charge is 2.40. The lowest BCUT2D eigenvalue weighted by molar-refractivity contribution is -0.141. The number of carbonyl (C=O) groups excluding carboxylic acids is 2. The third-order valence-electron chi connectivity index (χ3n) is 3.87. The van der Waals surface area contributed by atoms with Gasteiger partial charge in [0.1, 0.15) is 6.10 Å². The second-order valence-electron chi connectivity index (χ2n) is 5.50. The average Bonchev–Trinajstić information content (AvgIpc) is 2.98. The maximum absolute atomic E-state index is 12.5. The minimum atomic E-state index is -1.04. The number of cyclic esters (lactones) is 1. The van der Waals surface area contributed by atoms with Crippen LogP contribution in [0.3, 0.4) is 0 Å². The van der Waals surface area contributed by atoms with Gasteiger partial charge in [0, 0.05) is 5.69 Å². The van der Waals surface area contributed by atoms with Crippen LogP contribution in [0.15, 0.2) is 54.6 Å². The van der Waals surface area contributed by atoms with Crippen molar-refractivity contribution in [1.29, 1.82) is 0 Å². The van der Waals surface area contributed by atoms with Crippen LogP contribution in [0.4, 0.5) is 5.69 Å². The highest BCUT2D eigenvalue weighted by Crippen LogP contribution is 2.36. The maximum Gasteiger partial charge on any atom is 0.335 e. The molecule has 0 aliphatic carbocycles. The molecule has 0 aromatic heterocycles. The highest BCUT2D eigenvalue weighted by molar-refractivity contribution is 5.97. The van der Waals surface area contributed by atoms with Gasteiger partial charge < -0.3 is 15.2 Å². The molecule has 6 heteroatoms. The predicted molar refractivity (Wildman–Crippen MR) is 85.4 cm³/mol. The number of amides is 1. The summed E-state index contributed by atoms with van der Waals surface area (Å²) in [6, 6.07) is 14.9. The molecule has 0 unspecified atom stereocenters. The Morgan fingerprint density at radius 1 is 1.04 bits per heavy atom. The number of carbonyl (C=O) groups is 3. The first-order valence-corrected chi connectivity index (χ1v) is 7.43. The van der Waals surface area contributed by atoms with E-state index in [1.165, 1.54) is 24.3 Å². The number of benzene rings is 2. The van der Waals surface area contributed by atoms with Crippen LogP contribution < -0.4 is 5.32 Å². The van der Waals surface area contributed by atoms with Gasteiger partial charge in [-0.1, -0.05) is 30.3 Å². The van der Waals surface area contributed by atoms with Crippen LogP contribution in [0.5, 0.6) is 0 Å². The lowest BCUT2D eigenvalue weighted by Crippen LogP contribution is -2.25. The van der Waals surface area contributed by atoms with Crippen molar-refractivity contribution in [2.75, 3.05) is 5.32 Å². The van der Waals surface area contributed by atoms with Crippen molar-refractivity contribution in [3.05, 3.63) is 65.7 Å². The quantitative estimate of drug-likeness (QED) is 0.843. The van der Waals surface area contributed by atoms with E-state index in [1.54, 1.807) is 0 Å². The molecule has 2 atom stereocenters. The zero-order valence-corrected chi connectivity index (χ0v) is 12.6. The molecule has 3 rings (SSSR count). The fraction of sp³-hybridized carbons (Fsp3) is 0.167. The van der Waals surface area contributed by atoms with Gasteiger partial charge in [0.05, 0.1) is 17.9 Å². The van der Waals surface area contributed by atoms with Crippen molar-refractivity contribution >= 4 is 23.5 Å². The molecule has 122 valence electrons. The second-order valence-corrected chi connectivity index (χ2v) is 5.50. The number of nitrogens with one attached hydrogen (secondary N) is 1. The number of esters is 1. The molecule has 0 spiro atoms. The molecule has 2 aromatic rings. The number of anilines is 1. The van der Waals surface area contributed by atoms with E-state index in [2.05, 4.69) is 5.32 Å². The number of ether oxygens (including phenoxy) is 1. The Bertz CT molecular complexity index is 770. The van der Waals surface area contributed by atoms with Crippen LogP contribution in [0.25, 0.3) is 0 Å². The topological polar surface area (TPSA) is 92.7 Å². The third-order valence-corrected chi connectivity index (χ3v) is 3.87. The van der Waals surface area contributed by atoms with Gasteiger partial charge in [-0.25, -0.2) is 4.79 Å². The number of carboxylic acids is 1. The van der Waals surface area contributed by atoms with Gasteiger partial charge in [0.15, 0.2) is 0 Å². The predicted octanol–water partition coefficient (Wildman–Crippen LogP) is 2.63. The van der Waals surface area contributed by atoms with E-state index in [0.717, 1.165) is 5.56 Å². The molecule has 6 nitrogen and oxygen atoms in total. The van der Waals surface area contributed by atoms with Crippen LogP contribution in [0.2, 0.25) is 0 Å². The van der Waals surface area contributed by atoms with Crippen molar-refractivity contribution in [2.24, 2.45) is 5.92 Å². The Morgan fingerprint density at radius 2 is 1.71 bits per heavy atom. The summed E-state index contributed by atoms with van der Waals surface area (Å²) in [4.78, 5) is 35.0. The number of aromatic carboxylic acids is 1. The van der Waals surface area contributed by atoms with Gasteiger partial charge in [-0.15, -0.1) is 0 Å². The molecule has 2 aromatic carbocycles. The zero-order chi connectivity index (χ0) is 17.1. The summed E-state index contributed by atoms with van der Waals surface area (Å²) in [6.07, 6.45) is -0.601. The van der Waals surface area contributed by atoms with E-state index in [0.29, 0.717) is 5.69 Å². The second kappa shape index (κ2) is 6.54. The molecule has 1 heterocycles. The SMILES string of the molecule is O=C1C[C@H](C(=O)Nc2ccc(C(=O)O)cc2)[C@@H](c2ccccc2)O1. The van der Waals surface area contributed by atoms with Crippen LogP contribution in [-0.2, 0) is 14.3 Å². The average molecular weight is 325 g/mol. The largest absolute Gasteiger partial charge is 0.478 e. The first-order chi connectivity index (χ1) is 11.5. The van der Waals surface area contributed by atoms with E-state index >= 15 is 0 Å². The summed E-state index contributed by atoms with van der Waals surface area (Å²) < 4.78 is 5.29. The van der Waals surface area contributed by atoms with E-state index in [9.17, 15) is 14.4 Å². The van der Waals surface area contributed by atoms with Gasteiger partial charge in [-0.3, -0.25) is 9.59 Å². The molecule has 24 heavy (non-hydrogen) atoms. The van der Waals surface area contributed by atoms with E-state index in [1.807, 2.05) is 30.3 Å². The van der Waals surface area contributed by atoms with Crippen molar-refractivity contribution in [3.63, 3.8) is 0 Å². The first kappa shape index (κ1) is 15.7. The minimum Gasteiger partial charge on any atom is -0.478 e. The Morgan fingerprint density at radius 3 is 2.33 bits per heavy atom. The van der Waals surface area contributed by atoms with Crippen LogP contribution >= 0.6 is 0 Å². The van der Waals surface area contributed by atoms with Crippen LogP contribution in [-0.4, -0.2) is 23.0 Å². The van der Waals surface area contributed by atoms with Crippen molar-refractivity contribution in [2.45, 2.75) is 12.5 Å². The van der Waals surface area contributed by atoms with Crippen LogP contribution in [0.1, 0.15) is 28.4 Å². The fourth-order valence-corrected chi connectivity index (χ4v) is 2.66. The summed E-state index contributed by atoms with van der Waals surface area (Å²) in [7, 11) is 0. The summed E-state index contributed by atoms with van der Waals surface area (Å²) in [5.74, 6) is -2.41. The summed E-state index contributed by atoms with van der Waals surface area (Å²) >= 11 is 0. The molecule has 1 fully saturated rings. The van der Waals surface area contributed by atoms with Gasteiger partial charge in [-0.2, -0.15) is 0 Å². The lowest BCUT2D eigenvalue weighted by atomic mass is 9.94. The normalized spacial score (nSPS) is 19.6. The van der Waals surface area contributed by atoms with E-state index in [4.69, 9.17) is 9.84 Å². The van der Waals surface area contributed by atoms with Gasteiger partial charge in [-0.05, 0) is 29.8 Å².